The maximum atomic E-state index is 12.5. The SMILES string of the molecule is CCCCCCCCCCCCCCCCCCCC(=O)OCCCCCCCCCCC/C=C\CCCCCCCC(=O)NC(CO)C(O)CCCCCCCCCCCCCCCCCCC. The summed E-state index contributed by atoms with van der Waals surface area (Å²) in [7, 11) is 0. The summed E-state index contributed by atoms with van der Waals surface area (Å²) >= 11 is 0. The van der Waals surface area contributed by atoms with E-state index >= 15 is 0 Å². The Morgan fingerprint density at radius 3 is 1.03 bits per heavy atom. The predicted octanol–water partition coefficient (Wildman–Crippen LogP) is 19.6. The molecule has 1 amide bonds. The Morgan fingerprint density at radius 2 is 0.681 bits per heavy atom. The van der Waals surface area contributed by atoms with Crippen molar-refractivity contribution in [3.8, 4) is 0 Å². The molecule has 0 aromatic rings. The van der Waals surface area contributed by atoms with Crippen LogP contribution in [0.3, 0.4) is 0 Å². The van der Waals surface area contributed by atoms with Crippen LogP contribution in [0.1, 0.15) is 354 Å². The highest BCUT2D eigenvalue weighted by Gasteiger charge is 2.20. The molecule has 0 aromatic heterocycles. The number of rotatable bonds is 59. The van der Waals surface area contributed by atoms with Gasteiger partial charge in [0.15, 0.2) is 0 Å². The van der Waals surface area contributed by atoms with Crippen LogP contribution in [0.4, 0.5) is 0 Å². The van der Waals surface area contributed by atoms with Gasteiger partial charge in [-0.2, -0.15) is 0 Å². The summed E-state index contributed by atoms with van der Waals surface area (Å²) in [6.45, 7) is 4.97. The molecule has 69 heavy (non-hydrogen) atoms. The van der Waals surface area contributed by atoms with Gasteiger partial charge in [0.05, 0.1) is 25.4 Å². The van der Waals surface area contributed by atoms with E-state index in [2.05, 4.69) is 31.3 Å². The minimum atomic E-state index is -0.672. The highest BCUT2D eigenvalue weighted by molar-refractivity contribution is 5.76. The van der Waals surface area contributed by atoms with Crippen molar-refractivity contribution in [1.82, 2.24) is 5.32 Å². The Labute approximate surface area is 431 Å². The summed E-state index contributed by atoms with van der Waals surface area (Å²) in [5.41, 5.74) is 0. The van der Waals surface area contributed by atoms with Crippen molar-refractivity contribution >= 4 is 11.9 Å². The van der Waals surface area contributed by atoms with Crippen LogP contribution in [-0.4, -0.2) is 47.4 Å². The number of nitrogens with one attached hydrogen (secondary N) is 1. The number of unbranched alkanes of at least 4 members (excludes halogenated alkanes) is 46. The van der Waals surface area contributed by atoms with Crippen molar-refractivity contribution in [3.05, 3.63) is 12.2 Å². The van der Waals surface area contributed by atoms with Gasteiger partial charge in [0.1, 0.15) is 0 Å². The molecule has 0 aliphatic rings. The quantitative estimate of drug-likeness (QED) is 0.0321. The fourth-order valence-corrected chi connectivity index (χ4v) is 9.99. The zero-order valence-electron chi connectivity index (χ0n) is 46.8. The van der Waals surface area contributed by atoms with E-state index in [-0.39, 0.29) is 18.5 Å². The molecule has 6 heteroatoms. The molecule has 0 spiro atoms. The minimum Gasteiger partial charge on any atom is -0.466 e. The van der Waals surface area contributed by atoms with Crippen molar-refractivity contribution in [2.75, 3.05) is 13.2 Å². The molecular weight excluding hydrogens is 851 g/mol. The first-order chi connectivity index (χ1) is 34.0. The van der Waals surface area contributed by atoms with E-state index in [9.17, 15) is 19.8 Å². The molecule has 2 unspecified atom stereocenters. The molecule has 0 radical (unpaired) electrons. The number of hydrogen-bond donors (Lipinski definition) is 3. The molecule has 0 rings (SSSR count). The average molecular weight is 975 g/mol. The van der Waals surface area contributed by atoms with Crippen LogP contribution in [0, 0.1) is 0 Å². The van der Waals surface area contributed by atoms with Crippen LogP contribution in [0.25, 0.3) is 0 Å². The first-order valence-electron chi connectivity index (χ1n) is 31.4. The number of hydrogen-bond acceptors (Lipinski definition) is 5. The molecule has 0 aliphatic carbocycles. The Bertz CT molecular complexity index is 1030. The lowest BCUT2D eigenvalue weighted by atomic mass is 10.0. The van der Waals surface area contributed by atoms with Crippen LogP contribution in [0.5, 0.6) is 0 Å². The van der Waals surface area contributed by atoms with E-state index < -0.39 is 12.1 Å². The van der Waals surface area contributed by atoms with Gasteiger partial charge in [-0.1, -0.05) is 302 Å². The van der Waals surface area contributed by atoms with E-state index in [4.69, 9.17) is 4.74 Å². The van der Waals surface area contributed by atoms with E-state index in [0.29, 0.717) is 25.9 Å². The maximum Gasteiger partial charge on any atom is 0.305 e. The Balaban J connectivity index is 3.42. The van der Waals surface area contributed by atoms with Crippen molar-refractivity contribution < 1.29 is 24.5 Å². The second-order valence-electron chi connectivity index (χ2n) is 21.7. The Morgan fingerprint density at radius 1 is 0.391 bits per heavy atom. The van der Waals surface area contributed by atoms with Crippen LogP contribution < -0.4 is 5.32 Å². The molecule has 0 saturated heterocycles. The summed E-state index contributed by atoms with van der Waals surface area (Å²) in [4.78, 5) is 24.6. The van der Waals surface area contributed by atoms with Gasteiger partial charge in [-0.15, -0.1) is 0 Å². The number of carbonyl (C=O) groups is 2. The number of aliphatic hydroxyl groups excluding tert-OH is 2. The molecule has 0 heterocycles. The Kier molecular flexibility index (Phi) is 58.0. The largest absolute Gasteiger partial charge is 0.466 e. The zero-order valence-corrected chi connectivity index (χ0v) is 46.8. The van der Waals surface area contributed by atoms with Crippen molar-refractivity contribution in [1.29, 1.82) is 0 Å². The lowest BCUT2D eigenvalue weighted by molar-refractivity contribution is -0.143. The van der Waals surface area contributed by atoms with E-state index in [1.807, 2.05) is 0 Å². The summed E-state index contributed by atoms with van der Waals surface area (Å²) in [6, 6.07) is -0.551. The van der Waals surface area contributed by atoms with Crippen molar-refractivity contribution in [2.45, 2.75) is 366 Å². The summed E-state index contributed by atoms with van der Waals surface area (Å²) in [6.07, 6.45) is 70.7. The van der Waals surface area contributed by atoms with Gasteiger partial charge in [0.2, 0.25) is 5.91 Å². The topological polar surface area (TPSA) is 95.9 Å². The molecule has 6 nitrogen and oxygen atoms in total. The lowest BCUT2D eigenvalue weighted by Gasteiger charge is -2.22. The first-order valence-corrected chi connectivity index (χ1v) is 31.4. The fourth-order valence-electron chi connectivity index (χ4n) is 9.99. The van der Waals surface area contributed by atoms with E-state index in [1.165, 1.54) is 270 Å². The van der Waals surface area contributed by atoms with Crippen LogP contribution in [-0.2, 0) is 14.3 Å². The summed E-state index contributed by atoms with van der Waals surface area (Å²) in [5, 5.41) is 23.3. The molecule has 0 aliphatic heterocycles. The van der Waals surface area contributed by atoms with Crippen LogP contribution in [0.2, 0.25) is 0 Å². The standard InChI is InChI=1S/C63H123NO5/c1-3-5-7-9-11-13-15-17-19-23-27-31-35-39-43-47-51-55-61(66)60(59-65)64-62(67)56-52-48-44-40-36-32-28-25-21-22-26-30-34-38-42-46-50-54-58-69-63(68)57-53-49-45-41-37-33-29-24-20-18-16-14-12-10-8-6-4-2/h25,28,60-61,65-66H,3-24,26-27,29-59H2,1-2H3,(H,64,67)/b28-25-. The summed E-state index contributed by atoms with van der Waals surface area (Å²) < 4.78 is 5.49. The molecular formula is C63H123NO5. The molecule has 0 aromatic carbocycles. The van der Waals surface area contributed by atoms with Crippen molar-refractivity contribution in [2.24, 2.45) is 0 Å². The van der Waals surface area contributed by atoms with Gasteiger partial charge in [-0.05, 0) is 51.4 Å². The normalized spacial score (nSPS) is 12.6. The van der Waals surface area contributed by atoms with Gasteiger partial charge in [0, 0.05) is 12.8 Å². The van der Waals surface area contributed by atoms with Gasteiger partial charge in [-0.25, -0.2) is 0 Å². The first kappa shape index (κ1) is 67.6. The maximum absolute atomic E-state index is 12.5. The predicted molar refractivity (Wildman–Crippen MR) is 301 cm³/mol. The third-order valence-electron chi connectivity index (χ3n) is 14.8. The van der Waals surface area contributed by atoms with Gasteiger partial charge in [-0.3, -0.25) is 9.59 Å². The number of allylic oxidation sites excluding steroid dienone is 2. The van der Waals surface area contributed by atoms with Crippen LogP contribution in [0.15, 0.2) is 12.2 Å². The van der Waals surface area contributed by atoms with Gasteiger partial charge < -0.3 is 20.3 Å². The molecule has 0 fully saturated rings. The third-order valence-corrected chi connectivity index (χ3v) is 14.8. The molecule has 0 saturated carbocycles. The van der Waals surface area contributed by atoms with E-state index in [1.54, 1.807) is 0 Å². The van der Waals surface area contributed by atoms with Gasteiger partial charge >= 0.3 is 5.97 Å². The molecule has 0 bridgehead atoms. The van der Waals surface area contributed by atoms with E-state index in [0.717, 1.165) is 51.4 Å². The third kappa shape index (κ3) is 55.8. The number of ether oxygens (including phenoxy) is 1. The number of carbonyl (C=O) groups excluding carboxylic acids is 2. The Hall–Kier alpha value is -1.40. The second-order valence-corrected chi connectivity index (χ2v) is 21.7. The summed E-state index contributed by atoms with van der Waals surface area (Å²) in [5.74, 6) is -0.0383. The number of aliphatic hydroxyl groups is 2. The monoisotopic (exact) mass is 974 g/mol. The lowest BCUT2D eigenvalue weighted by Crippen LogP contribution is -2.45. The van der Waals surface area contributed by atoms with Crippen molar-refractivity contribution in [3.63, 3.8) is 0 Å². The fraction of sp³-hybridized carbons (Fsp3) is 0.937. The molecule has 2 atom stereocenters. The highest BCUT2D eigenvalue weighted by Crippen LogP contribution is 2.18. The second kappa shape index (κ2) is 59.2. The average Bonchev–Trinajstić information content (AvgIpc) is 3.35. The van der Waals surface area contributed by atoms with Gasteiger partial charge in [0.25, 0.3) is 0 Å². The van der Waals surface area contributed by atoms with Crippen LogP contribution >= 0.6 is 0 Å². The number of esters is 1. The molecule has 410 valence electrons. The highest BCUT2D eigenvalue weighted by atomic mass is 16.5. The number of amides is 1. The zero-order chi connectivity index (χ0) is 50.0. The minimum absolute atomic E-state index is 0.00781. The molecule has 3 N–H and O–H groups in total. The smallest absolute Gasteiger partial charge is 0.305 e.